The highest BCUT2D eigenvalue weighted by atomic mass is 16.7. The number of rotatable bonds is 3. The van der Waals surface area contributed by atoms with E-state index in [0.29, 0.717) is 12.5 Å². The van der Waals surface area contributed by atoms with Crippen LogP contribution in [0.25, 0.3) is 0 Å². The van der Waals surface area contributed by atoms with E-state index in [0.717, 1.165) is 51.1 Å². The number of amides is 1. The van der Waals surface area contributed by atoms with E-state index in [-0.39, 0.29) is 17.6 Å². The molecular weight excluding hydrogens is 292 g/mol. The highest BCUT2D eigenvalue weighted by Crippen LogP contribution is 2.36. The molecule has 2 fully saturated rings. The summed E-state index contributed by atoms with van der Waals surface area (Å²) in [6, 6.07) is 8.61. The Balaban J connectivity index is 1.34. The molecule has 1 atom stereocenters. The largest absolute Gasteiger partial charge is 0.348 e. The van der Waals surface area contributed by atoms with Crippen LogP contribution in [0.1, 0.15) is 43.6 Å². The molecule has 1 aromatic carbocycles. The van der Waals surface area contributed by atoms with Crippen molar-refractivity contribution in [3.8, 4) is 0 Å². The summed E-state index contributed by atoms with van der Waals surface area (Å²) in [7, 11) is 0. The van der Waals surface area contributed by atoms with Crippen molar-refractivity contribution in [2.45, 2.75) is 49.9 Å². The predicted molar refractivity (Wildman–Crippen MR) is 87.3 cm³/mol. The summed E-state index contributed by atoms with van der Waals surface area (Å²) < 4.78 is 11.6. The molecule has 124 valence electrons. The number of anilines is 1. The van der Waals surface area contributed by atoms with Gasteiger partial charge in [-0.2, -0.15) is 0 Å². The maximum Gasteiger partial charge on any atom is 0.225 e. The molecule has 1 saturated carbocycles. The van der Waals surface area contributed by atoms with Crippen LogP contribution in [0.4, 0.5) is 5.69 Å². The number of ether oxygens (including phenoxy) is 2. The SMILES string of the molecule is O=C1C[C@H](CNC2CCC3(CC2)OCCO3)c2ccccc2N1. The molecule has 0 aromatic heterocycles. The number of hydrogen-bond acceptors (Lipinski definition) is 4. The van der Waals surface area contributed by atoms with Crippen molar-refractivity contribution in [2.24, 2.45) is 0 Å². The van der Waals surface area contributed by atoms with Crippen molar-refractivity contribution in [1.29, 1.82) is 0 Å². The third-order valence-corrected chi connectivity index (χ3v) is 5.32. The number of carbonyl (C=O) groups excluding carboxylic acids is 1. The van der Waals surface area contributed by atoms with Crippen molar-refractivity contribution in [2.75, 3.05) is 25.1 Å². The molecule has 2 heterocycles. The highest BCUT2D eigenvalue weighted by Gasteiger charge is 2.40. The topological polar surface area (TPSA) is 59.6 Å². The average Bonchev–Trinajstić information content (AvgIpc) is 3.02. The van der Waals surface area contributed by atoms with Gasteiger partial charge in [0.15, 0.2) is 5.79 Å². The van der Waals surface area contributed by atoms with Gasteiger partial charge >= 0.3 is 0 Å². The van der Waals surface area contributed by atoms with Crippen LogP contribution >= 0.6 is 0 Å². The van der Waals surface area contributed by atoms with Crippen LogP contribution in [0, 0.1) is 0 Å². The zero-order valence-corrected chi connectivity index (χ0v) is 13.3. The predicted octanol–water partition coefficient (Wildman–Crippen LogP) is 2.39. The summed E-state index contributed by atoms with van der Waals surface area (Å²) in [6.45, 7) is 2.31. The third-order valence-electron chi connectivity index (χ3n) is 5.32. The molecule has 1 aliphatic carbocycles. The third kappa shape index (κ3) is 3.13. The van der Waals surface area contributed by atoms with Crippen molar-refractivity contribution in [1.82, 2.24) is 5.32 Å². The van der Waals surface area contributed by atoms with Crippen LogP contribution in [0.3, 0.4) is 0 Å². The zero-order chi connectivity index (χ0) is 15.7. The van der Waals surface area contributed by atoms with Gasteiger partial charge in [0, 0.05) is 43.5 Å². The quantitative estimate of drug-likeness (QED) is 0.899. The number of nitrogens with one attached hydrogen (secondary N) is 2. The summed E-state index contributed by atoms with van der Waals surface area (Å²) in [6.07, 6.45) is 4.63. The van der Waals surface area contributed by atoms with Gasteiger partial charge < -0.3 is 20.1 Å². The van der Waals surface area contributed by atoms with E-state index in [2.05, 4.69) is 16.7 Å². The van der Waals surface area contributed by atoms with Gasteiger partial charge in [0.2, 0.25) is 5.91 Å². The molecule has 0 unspecified atom stereocenters. The van der Waals surface area contributed by atoms with Gasteiger partial charge in [-0.3, -0.25) is 4.79 Å². The smallest absolute Gasteiger partial charge is 0.225 e. The van der Waals surface area contributed by atoms with Gasteiger partial charge in [-0.1, -0.05) is 18.2 Å². The van der Waals surface area contributed by atoms with Crippen LogP contribution in [0.15, 0.2) is 24.3 Å². The van der Waals surface area contributed by atoms with E-state index in [4.69, 9.17) is 9.47 Å². The van der Waals surface area contributed by atoms with E-state index >= 15 is 0 Å². The number of hydrogen-bond donors (Lipinski definition) is 2. The fourth-order valence-corrected chi connectivity index (χ4v) is 4.04. The Labute approximate surface area is 136 Å². The maximum absolute atomic E-state index is 11.9. The minimum atomic E-state index is -0.296. The lowest BCUT2D eigenvalue weighted by atomic mass is 9.87. The fourth-order valence-electron chi connectivity index (χ4n) is 4.04. The van der Waals surface area contributed by atoms with Crippen molar-refractivity contribution in [3.63, 3.8) is 0 Å². The molecule has 3 aliphatic rings. The van der Waals surface area contributed by atoms with E-state index in [1.807, 2.05) is 18.2 Å². The van der Waals surface area contributed by atoms with Gasteiger partial charge in [-0.25, -0.2) is 0 Å². The van der Waals surface area contributed by atoms with Crippen molar-refractivity contribution in [3.05, 3.63) is 29.8 Å². The lowest BCUT2D eigenvalue weighted by molar-refractivity contribution is -0.179. The van der Waals surface area contributed by atoms with Crippen LogP contribution < -0.4 is 10.6 Å². The summed E-state index contributed by atoms with van der Waals surface area (Å²) in [5.74, 6) is 0.0795. The molecule has 1 aromatic rings. The summed E-state index contributed by atoms with van der Waals surface area (Å²) in [5.41, 5.74) is 2.21. The first-order chi connectivity index (χ1) is 11.2. The summed E-state index contributed by atoms with van der Waals surface area (Å²) >= 11 is 0. The first kappa shape index (κ1) is 15.1. The Morgan fingerprint density at radius 2 is 1.91 bits per heavy atom. The first-order valence-corrected chi connectivity index (χ1v) is 8.64. The number of benzene rings is 1. The highest BCUT2D eigenvalue weighted by molar-refractivity contribution is 5.94. The monoisotopic (exact) mass is 316 g/mol. The Kier molecular flexibility index (Phi) is 4.09. The minimum absolute atomic E-state index is 0.117. The molecule has 0 bridgehead atoms. The van der Waals surface area contributed by atoms with E-state index in [1.165, 1.54) is 5.56 Å². The molecule has 23 heavy (non-hydrogen) atoms. The Hall–Kier alpha value is -1.43. The second-order valence-corrected chi connectivity index (χ2v) is 6.83. The molecule has 5 nitrogen and oxygen atoms in total. The Bertz CT molecular complexity index is 573. The van der Waals surface area contributed by atoms with Crippen LogP contribution in [-0.2, 0) is 14.3 Å². The number of fused-ring (bicyclic) bond motifs is 1. The summed E-state index contributed by atoms with van der Waals surface area (Å²) in [4.78, 5) is 11.9. The molecule has 2 aliphatic heterocycles. The first-order valence-electron chi connectivity index (χ1n) is 8.64. The Morgan fingerprint density at radius 3 is 2.70 bits per heavy atom. The minimum Gasteiger partial charge on any atom is -0.348 e. The van der Waals surface area contributed by atoms with Gasteiger partial charge in [-0.15, -0.1) is 0 Å². The van der Waals surface area contributed by atoms with E-state index < -0.39 is 0 Å². The standard InChI is InChI=1S/C18H24N2O3/c21-17-11-13(15-3-1-2-4-16(15)20-17)12-19-14-5-7-18(8-6-14)22-9-10-23-18/h1-4,13-14,19H,5-12H2,(H,20,21)/t13-/m1/s1. The van der Waals surface area contributed by atoms with Gasteiger partial charge in [0.05, 0.1) is 13.2 Å². The molecule has 2 N–H and O–H groups in total. The van der Waals surface area contributed by atoms with Crippen LogP contribution in [-0.4, -0.2) is 37.5 Å². The van der Waals surface area contributed by atoms with Crippen LogP contribution in [0.2, 0.25) is 0 Å². The second kappa shape index (κ2) is 6.23. The molecular formula is C18H24N2O3. The van der Waals surface area contributed by atoms with Gasteiger partial charge in [0.1, 0.15) is 0 Å². The zero-order valence-electron chi connectivity index (χ0n) is 13.3. The van der Waals surface area contributed by atoms with Gasteiger partial charge in [-0.05, 0) is 24.5 Å². The molecule has 1 spiro atoms. The van der Waals surface area contributed by atoms with Gasteiger partial charge in [0.25, 0.3) is 0 Å². The molecule has 1 amide bonds. The maximum atomic E-state index is 11.9. The lowest BCUT2D eigenvalue weighted by Crippen LogP contribution is -2.43. The molecule has 0 radical (unpaired) electrons. The number of carbonyl (C=O) groups is 1. The van der Waals surface area contributed by atoms with Crippen molar-refractivity contribution < 1.29 is 14.3 Å². The molecule has 1 saturated heterocycles. The fraction of sp³-hybridized carbons (Fsp3) is 0.611. The van der Waals surface area contributed by atoms with E-state index in [9.17, 15) is 4.79 Å². The lowest BCUT2D eigenvalue weighted by Gasteiger charge is -2.36. The summed E-state index contributed by atoms with van der Waals surface area (Å²) in [5, 5.41) is 6.63. The van der Waals surface area contributed by atoms with E-state index in [1.54, 1.807) is 0 Å². The molecule has 4 rings (SSSR count). The van der Waals surface area contributed by atoms with Crippen molar-refractivity contribution >= 4 is 11.6 Å². The normalized spacial score (nSPS) is 27.0. The number of para-hydroxylation sites is 1. The Morgan fingerprint density at radius 1 is 1.17 bits per heavy atom. The van der Waals surface area contributed by atoms with Crippen LogP contribution in [0.5, 0.6) is 0 Å². The molecule has 5 heteroatoms. The average molecular weight is 316 g/mol. The second-order valence-electron chi connectivity index (χ2n) is 6.83.